The third-order valence-electron chi connectivity index (χ3n) is 2.73. The Balaban J connectivity index is 2.25. The van der Waals surface area contributed by atoms with Crippen molar-refractivity contribution in [1.29, 1.82) is 0 Å². The number of hydrogen-bond donors (Lipinski definition) is 1. The van der Waals surface area contributed by atoms with Gasteiger partial charge in [-0.1, -0.05) is 24.6 Å². The van der Waals surface area contributed by atoms with E-state index in [2.05, 4.69) is 10.4 Å². The van der Waals surface area contributed by atoms with Crippen LogP contribution in [0.4, 0.5) is 10.2 Å². The number of nitrogens with zero attached hydrogens (tertiary/aromatic N) is 2. The van der Waals surface area contributed by atoms with Crippen LogP contribution in [0, 0.1) is 5.82 Å². The van der Waals surface area contributed by atoms with Crippen molar-refractivity contribution >= 4 is 23.3 Å². The summed E-state index contributed by atoms with van der Waals surface area (Å²) in [6, 6.07) is 6.06. The van der Waals surface area contributed by atoms with Crippen LogP contribution in [0.1, 0.15) is 23.0 Å². The molecule has 0 saturated carbocycles. The van der Waals surface area contributed by atoms with Crippen LogP contribution in [-0.2, 0) is 13.5 Å². The third kappa shape index (κ3) is 2.76. The molecule has 0 aliphatic heterocycles. The Kier molecular flexibility index (Phi) is 3.85. The zero-order valence-corrected chi connectivity index (χ0v) is 11.3. The minimum Gasteiger partial charge on any atom is -0.307 e. The molecule has 0 radical (unpaired) electrons. The number of nitrogens with one attached hydrogen (secondary N) is 1. The summed E-state index contributed by atoms with van der Waals surface area (Å²) in [5, 5.41) is 6.73. The van der Waals surface area contributed by atoms with Gasteiger partial charge in [0.1, 0.15) is 5.82 Å². The quantitative estimate of drug-likeness (QED) is 0.940. The number of benzene rings is 1. The van der Waals surface area contributed by atoms with Crippen molar-refractivity contribution in [2.24, 2.45) is 7.05 Å². The van der Waals surface area contributed by atoms with Crippen LogP contribution < -0.4 is 5.32 Å². The van der Waals surface area contributed by atoms with E-state index in [9.17, 15) is 9.18 Å². The number of carbonyl (C=O) groups excluding carboxylic acids is 1. The lowest BCUT2D eigenvalue weighted by Gasteiger charge is -2.06. The highest BCUT2D eigenvalue weighted by atomic mass is 35.5. The zero-order valence-electron chi connectivity index (χ0n) is 10.6. The van der Waals surface area contributed by atoms with Gasteiger partial charge in [0.2, 0.25) is 0 Å². The van der Waals surface area contributed by atoms with Gasteiger partial charge in [0.15, 0.2) is 5.82 Å². The fourth-order valence-corrected chi connectivity index (χ4v) is 1.85. The monoisotopic (exact) mass is 281 g/mol. The van der Waals surface area contributed by atoms with Crippen LogP contribution >= 0.6 is 11.6 Å². The second-order valence-corrected chi connectivity index (χ2v) is 4.46. The zero-order chi connectivity index (χ0) is 14.0. The van der Waals surface area contributed by atoms with E-state index in [0.29, 0.717) is 5.82 Å². The highest BCUT2D eigenvalue weighted by Crippen LogP contribution is 2.19. The minimum atomic E-state index is -0.723. The summed E-state index contributed by atoms with van der Waals surface area (Å²) in [4.78, 5) is 12.0. The molecule has 2 rings (SSSR count). The van der Waals surface area contributed by atoms with Crippen molar-refractivity contribution in [2.75, 3.05) is 5.32 Å². The minimum absolute atomic E-state index is 0.0769. The highest BCUT2D eigenvalue weighted by molar-refractivity contribution is 6.31. The molecule has 1 aromatic carbocycles. The Hall–Kier alpha value is -1.88. The molecular weight excluding hydrogens is 269 g/mol. The summed E-state index contributed by atoms with van der Waals surface area (Å²) in [6.45, 7) is 1.96. The number of anilines is 1. The Morgan fingerprint density at radius 1 is 1.53 bits per heavy atom. The van der Waals surface area contributed by atoms with Crippen molar-refractivity contribution in [1.82, 2.24) is 9.78 Å². The van der Waals surface area contributed by atoms with Gasteiger partial charge in [-0.3, -0.25) is 9.48 Å². The van der Waals surface area contributed by atoms with E-state index in [1.165, 1.54) is 18.2 Å². The molecule has 0 spiro atoms. The summed E-state index contributed by atoms with van der Waals surface area (Å²) in [7, 11) is 1.71. The lowest BCUT2D eigenvalue weighted by Crippen LogP contribution is -2.16. The van der Waals surface area contributed by atoms with Crippen molar-refractivity contribution in [3.05, 3.63) is 46.4 Å². The van der Waals surface area contributed by atoms with Crippen molar-refractivity contribution in [3.8, 4) is 0 Å². The second-order valence-electron chi connectivity index (χ2n) is 4.05. The van der Waals surface area contributed by atoms with E-state index >= 15 is 0 Å². The van der Waals surface area contributed by atoms with E-state index in [1.54, 1.807) is 17.8 Å². The number of aromatic nitrogens is 2. The molecule has 1 N–H and O–H groups in total. The van der Waals surface area contributed by atoms with Gasteiger partial charge in [-0.2, -0.15) is 5.10 Å². The van der Waals surface area contributed by atoms with Crippen LogP contribution in [0.15, 0.2) is 24.3 Å². The van der Waals surface area contributed by atoms with Crippen LogP contribution in [0.5, 0.6) is 0 Å². The van der Waals surface area contributed by atoms with E-state index in [1.807, 2.05) is 6.92 Å². The highest BCUT2D eigenvalue weighted by Gasteiger charge is 2.15. The Labute approximate surface area is 115 Å². The Bertz CT molecular complexity index is 624. The summed E-state index contributed by atoms with van der Waals surface area (Å²) in [5.41, 5.74) is 0.760. The summed E-state index contributed by atoms with van der Waals surface area (Å²) < 4.78 is 15.3. The van der Waals surface area contributed by atoms with Gasteiger partial charge in [0.25, 0.3) is 5.91 Å². The fourth-order valence-electron chi connectivity index (χ4n) is 1.68. The van der Waals surface area contributed by atoms with Gasteiger partial charge in [-0.25, -0.2) is 4.39 Å². The smallest absolute Gasteiger partial charge is 0.259 e. The predicted molar refractivity (Wildman–Crippen MR) is 71.9 cm³/mol. The number of amides is 1. The number of carbonyl (C=O) groups is 1. The number of hydrogen-bond acceptors (Lipinski definition) is 2. The van der Waals surface area contributed by atoms with Crippen LogP contribution in [0.25, 0.3) is 0 Å². The molecule has 1 aromatic heterocycles. The van der Waals surface area contributed by atoms with Gasteiger partial charge in [-0.15, -0.1) is 0 Å². The van der Waals surface area contributed by atoms with Crippen molar-refractivity contribution in [2.45, 2.75) is 13.3 Å². The molecule has 1 heterocycles. The average Bonchev–Trinajstić information content (AvgIpc) is 2.73. The fraction of sp³-hybridized carbons (Fsp3) is 0.231. The van der Waals surface area contributed by atoms with Crippen LogP contribution in [-0.4, -0.2) is 15.7 Å². The number of aryl methyl sites for hydroxylation is 2. The Morgan fingerprint density at radius 2 is 2.26 bits per heavy atom. The molecule has 0 fully saturated rings. The standard InChI is InChI=1S/C13H13ClFN3O/c1-3-8-7-11(18(2)17-8)16-13(19)9-5-4-6-10(14)12(9)15/h4-7H,3H2,1-2H3,(H,16,19). The molecule has 0 aliphatic rings. The van der Waals surface area contributed by atoms with Gasteiger partial charge in [0, 0.05) is 13.1 Å². The lowest BCUT2D eigenvalue weighted by atomic mass is 10.2. The van der Waals surface area contributed by atoms with Gasteiger partial charge < -0.3 is 5.32 Å². The summed E-state index contributed by atoms with van der Waals surface area (Å²) in [5.74, 6) is -0.758. The van der Waals surface area contributed by atoms with Crippen LogP contribution in [0.3, 0.4) is 0 Å². The molecule has 0 atom stereocenters. The van der Waals surface area contributed by atoms with Crippen molar-refractivity contribution in [3.63, 3.8) is 0 Å². The van der Waals surface area contributed by atoms with E-state index in [0.717, 1.165) is 12.1 Å². The first-order chi connectivity index (χ1) is 9.02. The molecular formula is C13H13ClFN3O. The van der Waals surface area contributed by atoms with E-state index in [4.69, 9.17) is 11.6 Å². The van der Waals surface area contributed by atoms with Gasteiger partial charge >= 0.3 is 0 Å². The number of rotatable bonds is 3. The first kappa shape index (κ1) is 13.5. The maximum absolute atomic E-state index is 13.7. The molecule has 0 unspecified atom stereocenters. The summed E-state index contributed by atoms with van der Waals surface area (Å²) in [6.07, 6.45) is 0.759. The van der Waals surface area contributed by atoms with Gasteiger partial charge in [0.05, 0.1) is 16.3 Å². The average molecular weight is 282 g/mol. The van der Waals surface area contributed by atoms with Gasteiger partial charge in [-0.05, 0) is 18.6 Å². The third-order valence-corrected chi connectivity index (χ3v) is 3.02. The largest absolute Gasteiger partial charge is 0.307 e. The first-order valence-corrected chi connectivity index (χ1v) is 6.19. The van der Waals surface area contributed by atoms with Crippen molar-refractivity contribution < 1.29 is 9.18 Å². The first-order valence-electron chi connectivity index (χ1n) is 5.81. The lowest BCUT2D eigenvalue weighted by molar-refractivity contribution is 0.102. The predicted octanol–water partition coefficient (Wildman–Crippen LogP) is 3.03. The molecule has 0 saturated heterocycles. The molecule has 1 amide bonds. The maximum Gasteiger partial charge on any atom is 0.259 e. The topological polar surface area (TPSA) is 46.9 Å². The SMILES string of the molecule is CCc1cc(NC(=O)c2cccc(Cl)c2F)n(C)n1. The Morgan fingerprint density at radius 3 is 2.89 bits per heavy atom. The molecule has 4 nitrogen and oxygen atoms in total. The summed E-state index contributed by atoms with van der Waals surface area (Å²) >= 11 is 5.65. The normalized spacial score (nSPS) is 10.5. The van der Waals surface area contributed by atoms with E-state index in [-0.39, 0.29) is 10.6 Å². The molecule has 100 valence electrons. The molecule has 0 aliphatic carbocycles. The molecule has 2 aromatic rings. The van der Waals surface area contributed by atoms with Crippen LogP contribution in [0.2, 0.25) is 5.02 Å². The molecule has 6 heteroatoms. The molecule has 0 bridgehead atoms. The molecule has 19 heavy (non-hydrogen) atoms. The second kappa shape index (κ2) is 5.40. The maximum atomic E-state index is 13.7. The number of halogens is 2. The van der Waals surface area contributed by atoms with E-state index < -0.39 is 11.7 Å².